The lowest BCUT2D eigenvalue weighted by atomic mass is 10.0. The van der Waals surface area contributed by atoms with Crippen LogP contribution in [0.25, 0.3) is 0 Å². The average molecular weight is 290 g/mol. The van der Waals surface area contributed by atoms with Gasteiger partial charge in [0.05, 0.1) is 5.56 Å². The largest absolute Gasteiger partial charge is 0.491 e. The van der Waals surface area contributed by atoms with Crippen LogP contribution in [-0.4, -0.2) is 62.0 Å². The van der Waals surface area contributed by atoms with Gasteiger partial charge in [-0.15, -0.1) is 0 Å². The van der Waals surface area contributed by atoms with Crippen LogP contribution in [0.4, 0.5) is 0 Å². The minimum Gasteiger partial charge on any atom is -0.491 e. The Morgan fingerprint density at radius 3 is 2.67 bits per heavy atom. The molecule has 0 unspecified atom stereocenters. The van der Waals surface area contributed by atoms with Crippen molar-refractivity contribution < 1.29 is 9.53 Å². The first kappa shape index (κ1) is 16.0. The van der Waals surface area contributed by atoms with Crippen molar-refractivity contribution in [2.45, 2.75) is 25.8 Å². The van der Waals surface area contributed by atoms with Gasteiger partial charge < -0.3 is 9.64 Å². The summed E-state index contributed by atoms with van der Waals surface area (Å²) in [5, 5.41) is 0. The topological polar surface area (TPSA) is 32.8 Å². The van der Waals surface area contributed by atoms with Crippen molar-refractivity contribution in [2.75, 3.05) is 40.3 Å². The van der Waals surface area contributed by atoms with Crippen molar-refractivity contribution in [1.82, 2.24) is 9.80 Å². The SMILES string of the molecule is CC(=O)c1ccccc1OCCN(C)C1CCN(C)CC1. The standard InChI is InChI=1S/C17H26N2O2/c1-14(20)16-6-4-5-7-17(16)21-13-12-19(3)15-8-10-18(2)11-9-15/h4-7,15H,8-13H2,1-3H3. The van der Waals surface area contributed by atoms with E-state index in [0.29, 0.717) is 24.0 Å². The van der Waals surface area contributed by atoms with E-state index in [0.717, 1.165) is 6.54 Å². The summed E-state index contributed by atoms with van der Waals surface area (Å²) in [4.78, 5) is 16.3. The lowest BCUT2D eigenvalue weighted by molar-refractivity contribution is 0.101. The number of benzene rings is 1. The summed E-state index contributed by atoms with van der Waals surface area (Å²) in [5.41, 5.74) is 0.666. The normalized spacial score (nSPS) is 17.1. The van der Waals surface area contributed by atoms with Gasteiger partial charge in [-0.25, -0.2) is 0 Å². The lowest BCUT2D eigenvalue weighted by Crippen LogP contribution is -2.43. The van der Waals surface area contributed by atoms with Crippen molar-refractivity contribution in [3.8, 4) is 5.75 Å². The van der Waals surface area contributed by atoms with Crippen LogP contribution in [0.1, 0.15) is 30.1 Å². The Bertz CT molecular complexity index is 468. The third-order valence-corrected chi connectivity index (χ3v) is 4.28. The first-order valence-corrected chi connectivity index (χ1v) is 7.69. The second-order valence-corrected chi connectivity index (χ2v) is 5.92. The Labute approximate surface area is 127 Å². The zero-order valence-corrected chi connectivity index (χ0v) is 13.3. The van der Waals surface area contributed by atoms with Gasteiger partial charge in [-0.1, -0.05) is 12.1 Å². The number of Topliss-reactive ketones (excluding diaryl/α,β-unsaturated/α-hetero) is 1. The number of hydrogen-bond donors (Lipinski definition) is 0. The molecule has 21 heavy (non-hydrogen) atoms. The molecule has 4 nitrogen and oxygen atoms in total. The Morgan fingerprint density at radius 2 is 2.00 bits per heavy atom. The quantitative estimate of drug-likeness (QED) is 0.753. The molecule has 2 rings (SSSR count). The Hall–Kier alpha value is -1.39. The number of carbonyl (C=O) groups is 1. The van der Waals surface area contributed by atoms with Crippen LogP contribution in [0, 0.1) is 0 Å². The molecule has 0 amide bonds. The molecular weight excluding hydrogens is 264 g/mol. The zero-order valence-electron chi connectivity index (χ0n) is 13.3. The number of rotatable bonds is 6. The van der Waals surface area contributed by atoms with Gasteiger partial charge in [0.2, 0.25) is 0 Å². The summed E-state index contributed by atoms with van der Waals surface area (Å²) in [6.45, 7) is 5.42. The van der Waals surface area contributed by atoms with Crippen LogP contribution in [0.3, 0.4) is 0 Å². The second-order valence-electron chi connectivity index (χ2n) is 5.92. The minimum absolute atomic E-state index is 0.0503. The molecule has 1 fully saturated rings. The van der Waals surface area contributed by atoms with Gasteiger partial charge in [0.25, 0.3) is 0 Å². The van der Waals surface area contributed by atoms with Gasteiger partial charge in [-0.3, -0.25) is 9.69 Å². The van der Waals surface area contributed by atoms with E-state index in [1.807, 2.05) is 24.3 Å². The Kier molecular flexibility index (Phi) is 5.76. The van der Waals surface area contributed by atoms with Gasteiger partial charge in [-0.2, -0.15) is 0 Å². The van der Waals surface area contributed by atoms with Crippen molar-refractivity contribution >= 4 is 5.78 Å². The third kappa shape index (κ3) is 4.55. The Morgan fingerprint density at radius 1 is 1.33 bits per heavy atom. The molecule has 0 spiro atoms. The van der Waals surface area contributed by atoms with Gasteiger partial charge in [0.15, 0.2) is 5.78 Å². The summed E-state index contributed by atoms with van der Waals surface area (Å²) < 4.78 is 5.81. The van der Waals surface area contributed by atoms with Crippen LogP contribution in [-0.2, 0) is 0 Å². The van der Waals surface area contributed by atoms with Crippen LogP contribution in [0.2, 0.25) is 0 Å². The number of likely N-dealkylation sites (N-methyl/N-ethyl adjacent to an activating group) is 1. The summed E-state index contributed by atoms with van der Waals surface area (Å²) in [7, 11) is 4.34. The van der Waals surface area contributed by atoms with Gasteiger partial charge in [0, 0.05) is 12.6 Å². The molecular formula is C17H26N2O2. The highest BCUT2D eigenvalue weighted by molar-refractivity contribution is 5.96. The van der Waals surface area contributed by atoms with E-state index in [9.17, 15) is 4.79 Å². The molecule has 0 aromatic heterocycles. The van der Waals surface area contributed by atoms with Crippen LogP contribution < -0.4 is 4.74 Å². The maximum absolute atomic E-state index is 11.5. The molecule has 1 aromatic carbocycles. The molecule has 4 heteroatoms. The second kappa shape index (κ2) is 7.57. The first-order chi connectivity index (χ1) is 10.1. The van der Waals surface area contributed by atoms with E-state index in [1.165, 1.54) is 25.9 Å². The molecule has 1 saturated heterocycles. The van der Waals surface area contributed by atoms with E-state index in [4.69, 9.17) is 4.74 Å². The maximum atomic E-state index is 11.5. The molecule has 0 aliphatic carbocycles. The maximum Gasteiger partial charge on any atom is 0.163 e. The number of carbonyl (C=O) groups excluding carboxylic acids is 1. The van der Waals surface area contributed by atoms with E-state index in [2.05, 4.69) is 23.9 Å². The lowest BCUT2D eigenvalue weighted by Gasteiger charge is -2.35. The molecule has 0 bridgehead atoms. The van der Waals surface area contributed by atoms with Crippen molar-refractivity contribution in [2.24, 2.45) is 0 Å². The fraction of sp³-hybridized carbons (Fsp3) is 0.588. The smallest absolute Gasteiger partial charge is 0.163 e. The number of para-hydroxylation sites is 1. The van der Waals surface area contributed by atoms with E-state index < -0.39 is 0 Å². The first-order valence-electron chi connectivity index (χ1n) is 7.69. The molecule has 0 saturated carbocycles. The summed E-state index contributed by atoms with van der Waals surface area (Å²) in [5.74, 6) is 0.746. The molecule has 1 aliphatic heterocycles. The van der Waals surface area contributed by atoms with Crippen LogP contribution in [0.5, 0.6) is 5.75 Å². The molecule has 1 heterocycles. The number of piperidine rings is 1. The predicted octanol–water partition coefficient (Wildman–Crippen LogP) is 2.29. The van der Waals surface area contributed by atoms with E-state index in [-0.39, 0.29) is 5.78 Å². The number of ether oxygens (including phenoxy) is 1. The van der Waals surface area contributed by atoms with E-state index >= 15 is 0 Å². The highest BCUT2D eigenvalue weighted by Gasteiger charge is 2.20. The fourth-order valence-corrected chi connectivity index (χ4v) is 2.80. The predicted molar refractivity (Wildman–Crippen MR) is 85.1 cm³/mol. The molecule has 0 N–H and O–H groups in total. The number of hydrogen-bond acceptors (Lipinski definition) is 4. The average Bonchev–Trinajstić information content (AvgIpc) is 2.48. The highest BCUT2D eigenvalue weighted by atomic mass is 16.5. The molecule has 1 aliphatic rings. The monoisotopic (exact) mass is 290 g/mol. The van der Waals surface area contributed by atoms with E-state index in [1.54, 1.807) is 6.92 Å². The van der Waals surface area contributed by atoms with Gasteiger partial charge >= 0.3 is 0 Å². The van der Waals surface area contributed by atoms with Gasteiger partial charge in [0.1, 0.15) is 12.4 Å². The summed E-state index contributed by atoms with van der Waals surface area (Å²) in [6.07, 6.45) is 2.44. The minimum atomic E-state index is 0.0503. The van der Waals surface area contributed by atoms with Crippen molar-refractivity contribution in [1.29, 1.82) is 0 Å². The van der Waals surface area contributed by atoms with Crippen LogP contribution >= 0.6 is 0 Å². The summed E-state index contributed by atoms with van der Waals surface area (Å²) in [6, 6.07) is 8.11. The third-order valence-electron chi connectivity index (χ3n) is 4.28. The van der Waals surface area contributed by atoms with Crippen LogP contribution in [0.15, 0.2) is 24.3 Å². The number of likely N-dealkylation sites (tertiary alicyclic amines) is 1. The van der Waals surface area contributed by atoms with Gasteiger partial charge in [-0.05, 0) is 59.1 Å². The van der Waals surface area contributed by atoms with Crippen molar-refractivity contribution in [3.63, 3.8) is 0 Å². The number of ketones is 1. The summed E-state index contributed by atoms with van der Waals surface area (Å²) >= 11 is 0. The molecule has 0 atom stereocenters. The zero-order chi connectivity index (χ0) is 15.2. The highest BCUT2D eigenvalue weighted by Crippen LogP contribution is 2.19. The molecule has 1 aromatic rings. The Balaban J connectivity index is 1.80. The fourth-order valence-electron chi connectivity index (χ4n) is 2.80. The molecule has 116 valence electrons. The van der Waals surface area contributed by atoms with Crippen molar-refractivity contribution in [3.05, 3.63) is 29.8 Å². The molecule has 0 radical (unpaired) electrons. The number of nitrogens with zero attached hydrogens (tertiary/aromatic N) is 2.